The second kappa shape index (κ2) is 10.3. The van der Waals surface area contributed by atoms with Crippen LogP contribution in [-0.2, 0) is 15.0 Å². The molecule has 2 rings (SSSR count). The number of benzene rings is 2. The fourth-order valence-corrected chi connectivity index (χ4v) is 2.69. The van der Waals surface area contributed by atoms with Gasteiger partial charge >= 0.3 is 11.9 Å². The first kappa shape index (κ1) is 24.5. The van der Waals surface area contributed by atoms with Crippen molar-refractivity contribution in [1.29, 1.82) is 5.26 Å². The first-order valence-electron chi connectivity index (χ1n) is 8.59. The lowest BCUT2D eigenvalue weighted by Crippen LogP contribution is -2.31. The van der Waals surface area contributed by atoms with Crippen LogP contribution in [0.3, 0.4) is 0 Å². The topological polar surface area (TPSA) is 98.4 Å². The molecule has 0 bridgehead atoms. The Morgan fingerprint density at radius 3 is 2.21 bits per heavy atom. The zero-order valence-electron chi connectivity index (χ0n) is 16.0. The average Bonchev–Trinajstić information content (AvgIpc) is 2.68. The molecule has 29 heavy (non-hydrogen) atoms. The van der Waals surface area contributed by atoms with E-state index in [1.165, 1.54) is 25.1 Å². The van der Waals surface area contributed by atoms with E-state index in [4.69, 9.17) is 15.5 Å². The molecule has 2 unspecified atom stereocenters. The van der Waals surface area contributed by atoms with Gasteiger partial charge in [0.25, 0.3) is 0 Å². The third-order valence-corrected chi connectivity index (χ3v) is 5.59. The molecule has 0 aliphatic rings. The molecule has 0 saturated heterocycles. The van der Waals surface area contributed by atoms with Crippen LogP contribution >= 0.6 is 22.6 Å². The summed E-state index contributed by atoms with van der Waals surface area (Å²) in [4.78, 5) is 21.7. The van der Waals surface area contributed by atoms with Crippen LogP contribution in [0.5, 0.6) is 0 Å². The van der Waals surface area contributed by atoms with E-state index >= 15 is 0 Å². The summed E-state index contributed by atoms with van der Waals surface area (Å²) in [7, 11) is 0. The minimum atomic E-state index is -1.02. The largest absolute Gasteiger partial charge is 0.481 e. The van der Waals surface area contributed by atoms with Crippen LogP contribution in [0.1, 0.15) is 49.8 Å². The van der Waals surface area contributed by atoms with Crippen molar-refractivity contribution in [2.24, 2.45) is 0 Å². The zero-order chi connectivity index (χ0) is 22.4. The second-order valence-corrected chi connectivity index (χ2v) is 7.69. The summed E-state index contributed by atoms with van der Waals surface area (Å²) in [5.74, 6) is -3.76. The number of aliphatic carboxylic acids is 2. The van der Waals surface area contributed by atoms with Gasteiger partial charge < -0.3 is 10.2 Å². The number of nitriles is 1. The smallest absolute Gasteiger partial charge is 0.313 e. The van der Waals surface area contributed by atoms with Crippen molar-refractivity contribution >= 4 is 34.5 Å². The molecule has 0 saturated carbocycles. The number of carboxylic acid groups (broad SMARTS) is 2. The van der Waals surface area contributed by atoms with E-state index < -0.39 is 29.1 Å². The maximum Gasteiger partial charge on any atom is 0.313 e. The zero-order valence-corrected chi connectivity index (χ0v) is 18.2. The standard InChI is InChI=1S/C11H12FIO2.C10H8FNO2/c1-3-11(2,10(14)15)7-4-5-9(13)8(12)6-7;1-6(10(13)14)7-2-3-8(5-12)9(11)4-7/h4-6H,3H2,1-2H3,(H,14,15);2-4,6H,1H3,(H,13,14). The number of carbonyl (C=O) groups is 2. The van der Waals surface area contributed by atoms with E-state index in [9.17, 15) is 18.4 Å². The van der Waals surface area contributed by atoms with Gasteiger partial charge in [0.2, 0.25) is 0 Å². The summed E-state index contributed by atoms with van der Waals surface area (Å²) in [6.45, 7) is 4.85. The number of hydrogen-bond donors (Lipinski definition) is 2. The third-order valence-electron chi connectivity index (χ3n) is 4.72. The third kappa shape index (κ3) is 5.97. The van der Waals surface area contributed by atoms with Gasteiger partial charge in [-0.3, -0.25) is 9.59 Å². The van der Waals surface area contributed by atoms with E-state index in [0.717, 1.165) is 6.07 Å². The molecule has 2 aromatic carbocycles. The predicted octanol–water partition coefficient (Wildman–Crippen LogP) is 5.07. The lowest BCUT2D eigenvalue weighted by Gasteiger charge is -2.23. The van der Waals surface area contributed by atoms with Crippen LogP contribution < -0.4 is 0 Å². The summed E-state index contributed by atoms with van der Waals surface area (Å²) in [6.07, 6.45) is 0.433. The molecule has 0 aliphatic heterocycles. The van der Waals surface area contributed by atoms with Crippen molar-refractivity contribution in [3.63, 3.8) is 0 Å². The molecule has 0 aromatic heterocycles. The highest BCUT2D eigenvalue weighted by molar-refractivity contribution is 14.1. The molecule has 0 aliphatic carbocycles. The minimum absolute atomic E-state index is 0.0775. The maximum atomic E-state index is 13.3. The molecule has 0 radical (unpaired) electrons. The van der Waals surface area contributed by atoms with Gasteiger partial charge in [0, 0.05) is 3.57 Å². The molecule has 2 aromatic rings. The number of rotatable bonds is 5. The Morgan fingerprint density at radius 2 is 1.79 bits per heavy atom. The quantitative estimate of drug-likeness (QED) is 0.543. The van der Waals surface area contributed by atoms with Gasteiger partial charge in [0.05, 0.1) is 16.9 Å². The summed E-state index contributed by atoms with van der Waals surface area (Å²) >= 11 is 1.88. The normalized spacial score (nSPS) is 13.3. The SMILES string of the molecule is CC(C(=O)O)c1ccc(C#N)c(F)c1.CCC(C)(C(=O)O)c1ccc(I)c(F)c1. The molecular formula is C21H20F2INO4. The van der Waals surface area contributed by atoms with Gasteiger partial charge in [0.1, 0.15) is 17.7 Å². The van der Waals surface area contributed by atoms with Crippen molar-refractivity contribution in [2.75, 3.05) is 0 Å². The summed E-state index contributed by atoms with van der Waals surface area (Å²) in [5, 5.41) is 26.2. The molecule has 0 fully saturated rings. The molecule has 154 valence electrons. The molecular weight excluding hydrogens is 495 g/mol. The Kier molecular flexibility index (Phi) is 8.70. The molecule has 2 atom stereocenters. The molecule has 0 heterocycles. The fraction of sp³-hybridized carbons (Fsp3) is 0.286. The van der Waals surface area contributed by atoms with Crippen molar-refractivity contribution in [3.05, 3.63) is 68.3 Å². The fourth-order valence-electron chi connectivity index (χ4n) is 2.35. The van der Waals surface area contributed by atoms with Crippen LogP contribution in [0.4, 0.5) is 8.78 Å². The highest BCUT2D eigenvalue weighted by Crippen LogP contribution is 2.29. The van der Waals surface area contributed by atoms with Crippen LogP contribution in [0.25, 0.3) is 0 Å². The summed E-state index contributed by atoms with van der Waals surface area (Å²) in [6, 6.07) is 10.0. The number of hydrogen-bond acceptors (Lipinski definition) is 3. The van der Waals surface area contributed by atoms with Crippen LogP contribution in [-0.4, -0.2) is 22.2 Å². The Balaban J connectivity index is 0.000000291. The summed E-state index contributed by atoms with van der Waals surface area (Å²) < 4.78 is 26.9. The summed E-state index contributed by atoms with van der Waals surface area (Å²) in [5.41, 5.74) is -0.221. The van der Waals surface area contributed by atoms with E-state index in [0.29, 0.717) is 21.1 Å². The highest BCUT2D eigenvalue weighted by atomic mass is 127. The Hall–Kier alpha value is -2.54. The molecule has 8 heteroatoms. The average molecular weight is 515 g/mol. The van der Waals surface area contributed by atoms with Gasteiger partial charge in [-0.1, -0.05) is 19.1 Å². The predicted molar refractivity (Wildman–Crippen MR) is 112 cm³/mol. The Bertz CT molecular complexity index is 958. The highest BCUT2D eigenvalue weighted by Gasteiger charge is 2.33. The van der Waals surface area contributed by atoms with Gasteiger partial charge in [-0.25, -0.2) is 8.78 Å². The lowest BCUT2D eigenvalue weighted by atomic mass is 9.80. The molecule has 5 nitrogen and oxygen atoms in total. The number of carboxylic acids is 2. The maximum absolute atomic E-state index is 13.3. The lowest BCUT2D eigenvalue weighted by molar-refractivity contribution is -0.143. The van der Waals surface area contributed by atoms with Gasteiger partial charge in [-0.05, 0) is 78.3 Å². The van der Waals surface area contributed by atoms with Crippen molar-refractivity contribution in [1.82, 2.24) is 0 Å². The van der Waals surface area contributed by atoms with Crippen molar-refractivity contribution < 1.29 is 28.6 Å². The van der Waals surface area contributed by atoms with Gasteiger partial charge in [-0.15, -0.1) is 0 Å². The number of nitrogens with zero attached hydrogens (tertiary/aromatic N) is 1. The minimum Gasteiger partial charge on any atom is -0.481 e. The monoisotopic (exact) mass is 515 g/mol. The van der Waals surface area contributed by atoms with Crippen molar-refractivity contribution in [3.8, 4) is 6.07 Å². The van der Waals surface area contributed by atoms with E-state index in [1.807, 2.05) is 22.6 Å². The Morgan fingerprint density at radius 1 is 1.17 bits per heavy atom. The van der Waals surface area contributed by atoms with Crippen molar-refractivity contribution in [2.45, 2.75) is 38.5 Å². The molecule has 2 N–H and O–H groups in total. The molecule has 0 spiro atoms. The van der Waals surface area contributed by atoms with Crippen LogP contribution in [0, 0.1) is 26.5 Å². The van der Waals surface area contributed by atoms with Gasteiger partial charge in [-0.2, -0.15) is 5.26 Å². The second-order valence-electron chi connectivity index (χ2n) is 6.53. The van der Waals surface area contributed by atoms with Crippen LogP contribution in [0.2, 0.25) is 0 Å². The first-order chi connectivity index (χ1) is 13.5. The number of halogens is 3. The van der Waals surface area contributed by atoms with E-state index in [-0.39, 0.29) is 11.4 Å². The van der Waals surface area contributed by atoms with Gasteiger partial charge in [0.15, 0.2) is 0 Å². The van der Waals surface area contributed by atoms with Crippen LogP contribution in [0.15, 0.2) is 36.4 Å². The van der Waals surface area contributed by atoms with E-state index in [1.54, 1.807) is 32.0 Å². The molecule has 0 amide bonds. The Labute approximate surface area is 181 Å². The van der Waals surface area contributed by atoms with E-state index in [2.05, 4.69) is 0 Å². The first-order valence-corrected chi connectivity index (χ1v) is 9.67.